The monoisotopic (exact) mass is 1080 g/mol. The molecule has 2 aromatic carbocycles. The maximum absolute atomic E-state index is 14.6. The van der Waals surface area contributed by atoms with E-state index in [-0.39, 0.29) is 63.5 Å². The summed E-state index contributed by atoms with van der Waals surface area (Å²) in [6.07, 6.45) is 0.0749. The van der Waals surface area contributed by atoms with E-state index in [4.69, 9.17) is 30.8 Å². The van der Waals surface area contributed by atoms with E-state index in [0.717, 1.165) is 54.0 Å². The molecular formula is C55H70ClN9O8S2. The lowest BCUT2D eigenvalue weighted by Crippen LogP contribution is -2.58. The van der Waals surface area contributed by atoms with Gasteiger partial charge in [0.2, 0.25) is 23.6 Å². The maximum atomic E-state index is 14.6. The van der Waals surface area contributed by atoms with Gasteiger partial charge in [-0.2, -0.15) is 0 Å². The number of halogens is 1. The Balaban J connectivity index is 0.883. The first-order valence-electron chi connectivity index (χ1n) is 25.4. The molecule has 4 amide bonds. The predicted octanol–water partition coefficient (Wildman–Crippen LogP) is 8.52. The highest BCUT2D eigenvalue weighted by Crippen LogP contribution is 2.40. The number of hydrogen-bond acceptors (Lipinski definition) is 14. The van der Waals surface area contributed by atoms with Crippen molar-refractivity contribution < 1.29 is 38.2 Å². The first kappa shape index (κ1) is 56.9. The summed E-state index contributed by atoms with van der Waals surface area (Å²) >= 11 is 9.46. The van der Waals surface area contributed by atoms with Gasteiger partial charge in [0, 0.05) is 47.2 Å². The van der Waals surface area contributed by atoms with Crippen molar-refractivity contribution in [1.82, 2.24) is 40.6 Å². The van der Waals surface area contributed by atoms with Gasteiger partial charge in [-0.1, -0.05) is 89.5 Å². The number of ether oxygens (including phenoxy) is 3. The topological polar surface area (TPSA) is 208 Å². The molecule has 5 atom stereocenters. The fourth-order valence-corrected chi connectivity index (χ4v) is 11.3. The van der Waals surface area contributed by atoms with Crippen LogP contribution in [0.1, 0.15) is 131 Å². The second-order valence-electron chi connectivity index (χ2n) is 21.6. The average molecular weight is 1080 g/mol. The van der Waals surface area contributed by atoms with Crippen LogP contribution in [0.3, 0.4) is 0 Å². The Labute approximate surface area is 452 Å². The van der Waals surface area contributed by atoms with Gasteiger partial charge < -0.3 is 35.1 Å². The van der Waals surface area contributed by atoms with Crippen LogP contribution >= 0.6 is 34.3 Å². The summed E-state index contributed by atoms with van der Waals surface area (Å²) in [5.41, 5.74) is 7.33. The van der Waals surface area contributed by atoms with Crippen LogP contribution in [-0.2, 0) is 38.2 Å². The summed E-state index contributed by atoms with van der Waals surface area (Å²) in [4.78, 5) is 81.7. The van der Waals surface area contributed by atoms with Crippen LogP contribution in [0.4, 0.5) is 0 Å². The minimum Gasteiger partial charge on any atom is -0.460 e. The summed E-state index contributed by atoms with van der Waals surface area (Å²) in [6.45, 7) is 21.9. The zero-order chi connectivity index (χ0) is 54.4. The molecule has 0 aliphatic carbocycles. The minimum atomic E-state index is -1.03. The molecule has 1 fully saturated rings. The second kappa shape index (κ2) is 24.4. The molecule has 5 heterocycles. The predicted molar refractivity (Wildman–Crippen MR) is 291 cm³/mol. The van der Waals surface area contributed by atoms with E-state index in [1.165, 1.54) is 4.90 Å². The highest BCUT2D eigenvalue weighted by atomic mass is 35.5. The van der Waals surface area contributed by atoms with Crippen LogP contribution in [-0.4, -0.2) is 118 Å². The Kier molecular flexibility index (Phi) is 18.5. The first-order chi connectivity index (χ1) is 35.5. The third kappa shape index (κ3) is 14.3. The second-order valence-corrected chi connectivity index (χ2v) is 24.0. The van der Waals surface area contributed by atoms with Gasteiger partial charge in [-0.3, -0.25) is 33.5 Å². The molecule has 0 saturated carbocycles. The number of nitrogens with zero attached hydrogens (tertiary/aromatic N) is 6. The van der Waals surface area contributed by atoms with Gasteiger partial charge >= 0.3 is 5.97 Å². The number of likely N-dealkylation sites (tertiary alicyclic amines) is 1. The van der Waals surface area contributed by atoms with E-state index in [1.54, 1.807) is 22.7 Å². The quantitative estimate of drug-likeness (QED) is 0.0497. The SMILES string of the molecule is Cc1ncsc1-c1ccc([C@H](C)NC(=O)[C@@H]2C[C@@H](OC(=O)CC(C)(C)C)CN2C(=O)[C@@H](NC(=O)COCCCOCCNC(=O)C[C@@H]2N=C(c3ccc(Cl)cc3)c3c(sc(C)c3C)-n3c(C)nnc32)C(C)(C)C)cc1. The van der Waals surface area contributed by atoms with Crippen LogP contribution in [0.2, 0.25) is 5.02 Å². The Morgan fingerprint density at radius 3 is 2.23 bits per heavy atom. The number of esters is 1. The summed E-state index contributed by atoms with van der Waals surface area (Å²) in [6, 6.07) is 12.5. The van der Waals surface area contributed by atoms with Crippen molar-refractivity contribution in [1.29, 1.82) is 0 Å². The van der Waals surface area contributed by atoms with Gasteiger partial charge in [0.15, 0.2) is 5.82 Å². The number of hydrogen-bond donors (Lipinski definition) is 3. The number of rotatable bonds is 20. The van der Waals surface area contributed by atoms with Gasteiger partial charge in [0.05, 0.1) is 53.8 Å². The Bertz CT molecular complexity index is 2880. The van der Waals surface area contributed by atoms with E-state index < -0.39 is 59.4 Å². The van der Waals surface area contributed by atoms with Crippen molar-refractivity contribution in [2.24, 2.45) is 15.8 Å². The molecule has 17 nitrogen and oxygen atoms in total. The molecule has 402 valence electrons. The molecule has 1 saturated heterocycles. The Morgan fingerprint density at radius 2 is 1.56 bits per heavy atom. The number of thiophene rings is 1. The van der Waals surface area contributed by atoms with Crippen molar-refractivity contribution in [2.45, 2.75) is 132 Å². The van der Waals surface area contributed by atoms with Crippen molar-refractivity contribution in [3.05, 3.63) is 104 Å². The molecule has 3 aromatic heterocycles. The molecule has 2 aliphatic heterocycles. The fraction of sp³-hybridized carbons (Fsp3) is 0.509. The highest BCUT2D eigenvalue weighted by Gasteiger charge is 2.46. The van der Waals surface area contributed by atoms with Crippen molar-refractivity contribution >= 4 is 69.6 Å². The van der Waals surface area contributed by atoms with E-state index in [9.17, 15) is 24.0 Å². The standard InChI is InChI=1S/C55H70ClN9O8S2/c1-31-34(4)75-53-46(31)47(37-17-19-39(56)20-18-37)60-41(50-63-62-35(5)65(50)53)26-43(66)57-21-24-71-22-12-23-72-29-44(67)61-49(55(9,10)11)52(70)64-28-40(73-45(68)27-54(6,7)8)25-42(64)51(69)59-32(2)36-13-15-38(16-14-36)48-33(3)58-30-74-48/h13-20,30,32,40-42,49H,12,21-29H2,1-11H3,(H,57,66)(H,59,69)(H,61,67)/t32-,40+,41-,42-,49+/m0/s1. The number of thiazole rings is 1. The molecule has 5 aromatic rings. The smallest absolute Gasteiger partial charge is 0.306 e. The number of carbonyl (C=O) groups excluding carboxylic acids is 5. The molecule has 0 radical (unpaired) electrons. The van der Waals surface area contributed by atoms with E-state index in [2.05, 4.69) is 45.0 Å². The third-order valence-corrected chi connectivity index (χ3v) is 15.6. The number of aromatic nitrogens is 4. The van der Waals surface area contributed by atoms with Crippen LogP contribution in [0, 0.1) is 38.5 Å². The van der Waals surface area contributed by atoms with E-state index >= 15 is 0 Å². The number of aryl methyl sites for hydroxylation is 3. The minimum absolute atomic E-state index is 0.00650. The van der Waals surface area contributed by atoms with Crippen LogP contribution in [0.25, 0.3) is 15.4 Å². The molecule has 0 bridgehead atoms. The fourth-order valence-electron chi connectivity index (χ4n) is 9.12. The zero-order valence-corrected chi connectivity index (χ0v) is 47.2. The van der Waals surface area contributed by atoms with Crippen molar-refractivity contribution in [2.75, 3.05) is 39.5 Å². The molecule has 3 N–H and O–H groups in total. The third-order valence-electron chi connectivity index (χ3n) is 13.1. The number of nitrogens with one attached hydrogen (secondary N) is 3. The summed E-state index contributed by atoms with van der Waals surface area (Å²) < 4.78 is 19.4. The Morgan fingerprint density at radius 1 is 0.867 bits per heavy atom. The van der Waals surface area contributed by atoms with Crippen molar-refractivity contribution in [3.8, 4) is 15.4 Å². The van der Waals surface area contributed by atoms with Gasteiger partial charge in [0.25, 0.3) is 0 Å². The normalized spacial score (nSPS) is 17.3. The van der Waals surface area contributed by atoms with Crippen LogP contribution in [0.15, 0.2) is 59.0 Å². The summed E-state index contributed by atoms with van der Waals surface area (Å²) in [7, 11) is 0. The first-order valence-corrected chi connectivity index (χ1v) is 27.4. The molecule has 0 unspecified atom stereocenters. The number of aliphatic imine (C=N–C) groups is 1. The molecule has 20 heteroatoms. The molecule has 75 heavy (non-hydrogen) atoms. The number of benzene rings is 2. The molecule has 2 aliphatic rings. The summed E-state index contributed by atoms with van der Waals surface area (Å²) in [5, 5.41) is 19.3. The zero-order valence-electron chi connectivity index (χ0n) is 44.8. The average Bonchev–Trinajstić information content (AvgIpc) is 4.12. The number of fused-ring (bicyclic) bond motifs is 3. The lowest BCUT2D eigenvalue weighted by Gasteiger charge is -2.35. The Hall–Kier alpha value is -5.86. The number of amides is 4. The highest BCUT2D eigenvalue weighted by molar-refractivity contribution is 7.15. The molecular weight excluding hydrogens is 1010 g/mol. The lowest BCUT2D eigenvalue weighted by atomic mass is 9.85. The van der Waals surface area contributed by atoms with Gasteiger partial charge in [-0.25, -0.2) is 4.98 Å². The molecule has 0 spiro atoms. The lowest BCUT2D eigenvalue weighted by molar-refractivity contribution is -0.151. The molecule has 7 rings (SSSR count). The van der Waals surface area contributed by atoms with Gasteiger partial charge in [-0.05, 0) is 80.7 Å². The maximum Gasteiger partial charge on any atom is 0.306 e. The van der Waals surface area contributed by atoms with E-state index in [1.807, 2.05) is 121 Å². The summed E-state index contributed by atoms with van der Waals surface area (Å²) in [5.74, 6) is -0.681. The number of carbonyl (C=O) groups is 5. The van der Waals surface area contributed by atoms with Crippen LogP contribution < -0.4 is 16.0 Å². The van der Waals surface area contributed by atoms with Gasteiger partial charge in [-0.15, -0.1) is 32.9 Å². The van der Waals surface area contributed by atoms with Gasteiger partial charge in [0.1, 0.15) is 41.7 Å². The largest absolute Gasteiger partial charge is 0.460 e. The van der Waals surface area contributed by atoms with Crippen LogP contribution in [0.5, 0.6) is 0 Å². The van der Waals surface area contributed by atoms with E-state index in [0.29, 0.717) is 29.7 Å². The van der Waals surface area contributed by atoms with Crippen molar-refractivity contribution in [3.63, 3.8) is 0 Å².